The van der Waals surface area contributed by atoms with E-state index in [4.69, 9.17) is 23.8 Å². The molecule has 0 aliphatic rings. The normalized spacial score (nSPS) is 10.6. The van der Waals surface area contributed by atoms with Crippen molar-refractivity contribution >= 4 is 23.8 Å². The summed E-state index contributed by atoms with van der Waals surface area (Å²) in [7, 11) is 0. The van der Waals surface area contributed by atoms with Crippen LogP contribution in [-0.4, -0.2) is 10.2 Å². The van der Waals surface area contributed by atoms with E-state index in [1.165, 1.54) is 6.07 Å². The summed E-state index contributed by atoms with van der Waals surface area (Å²) in [5.41, 5.74) is 2.75. The number of benzene rings is 1. The lowest BCUT2D eigenvalue weighted by atomic mass is 10.0. The third kappa shape index (κ3) is 2.23. The van der Waals surface area contributed by atoms with Gasteiger partial charge in [0.1, 0.15) is 10.5 Å². The average molecular weight is 269 g/mol. The fraction of sp³-hybridized carbons (Fsp3) is 0.167. The Morgan fingerprint density at radius 2 is 2.00 bits per heavy atom. The lowest BCUT2D eigenvalue weighted by Gasteiger charge is -2.08. The van der Waals surface area contributed by atoms with Gasteiger partial charge >= 0.3 is 0 Å². The molecule has 0 amide bonds. The van der Waals surface area contributed by atoms with Gasteiger partial charge in [0.05, 0.1) is 5.69 Å². The summed E-state index contributed by atoms with van der Waals surface area (Å²) >= 11 is 10.8. The smallest absolute Gasteiger partial charge is 0.134 e. The Balaban J connectivity index is 2.69. The maximum atomic E-state index is 13.8. The predicted octanol–water partition coefficient (Wildman–Crippen LogP) is 4.22. The summed E-state index contributed by atoms with van der Waals surface area (Å²) in [5, 5.41) is 7.17. The number of nitrogens with zero attached hydrogens (tertiary/aromatic N) is 1. The SMILES string of the molecule is Cc1c(-c2ccc(Cl)cc2F)n[nH]c(=S)c1C. The highest BCUT2D eigenvalue weighted by molar-refractivity contribution is 7.71. The second kappa shape index (κ2) is 4.55. The minimum Gasteiger partial charge on any atom is -0.267 e. The van der Waals surface area contributed by atoms with E-state index in [9.17, 15) is 4.39 Å². The molecule has 0 aliphatic heterocycles. The summed E-state index contributed by atoms with van der Waals surface area (Å²) in [6, 6.07) is 4.52. The number of aromatic nitrogens is 2. The van der Waals surface area contributed by atoms with Crippen LogP contribution in [0.5, 0.6) is 0 Å². The number of hydrogen-bond donors (Lipinski definition) is 1. The van der Waals surface area contributed by atoms with E-state index in [1.807, 2.05) is 13.8 Å². The highest BCUT2D eigenvalue weighted by Crippen LogP contribution is 2.27. The van der Waals surface area contributed by atoms with E-state index in [-0.39, 0.29) is 0 Å². The molecule has 0 radical (unpaired) electrons. The van der Waals surface area contributed by atoms with E-state index in [0.29, 0.717) is 20.9 Å². The van der Waals surface area contributed by atoms with Crippen LogP contribution < -0.4 is 0 Å². The summed E-state index contributed by atoms with van der Waals surface area (Å²) in [6.45, 7) is 3.75. The lowest BCUT2D eigenvalue weighted by molar-refractivity contribution is 0.630. The largest absolute Gasteiger partial charge is 0.267 e. The molecule has 1 aromatic heterocycles. The number of nitrogens with one attached hydrogen (secondary N) is 1. The molecular weight excluding hydrogens is 259 g/mol. The number of halogens is 2. The number of H-pyrrole nitrogens is 1. The van der Waals surface area contributed by atoms with Gasteiger partial charge in [-0.1, -0.05) is 23.8 Å². The first-order valence-electron chi connectivity index (χ1n) is 5.02. The van der Waals surface area contributed by atoms with Crippen molar-refractivity contribution in [2.24, 2.45) is 0 Å². The van der Waals surface area contributed by atoms with Crippen molar-refractivity contribution in [3.63, 3.8) is 0 Å². The summed E-state index contributed by atoms with van der Waals surface area (Å²) < 4.78 is 14.4. The average Bonchev–Trinajstić information content (AvgIpc) is 2.28. The molecule has 88 valence electrons. The highest BCUT2D eigenvalue weighted by Gasteiger charge is 2.12. The molecule has 5 heteroatoms. The Morgan fingerprint density at radius 3 is 2.65 bits per heavy atom. The first-order chi connectivity index (χ1) is 8.00. The molecule has 2 nitrogen and oxygen atoms in total. The molecule has 0 aliphatic carbocycles. The maximum absolute atomic E-state index is 13.8. The molecule has 1 aromatic carbocycles. The summed E-state index contributed by atoms with van der Waals surface area (Å²) in [6.07, 6.45) is 0. The quantitative estimate of drug-likeness (QED) is 0.785. The van der Waals surface area contributed by atoms with E-state index < -0.39 is 5.82 Å². The summed E-state index contributed by atoms with van der Waals surface area (Å²) in [4.78, 5) is 0. The number of hydrogen-bond acceptors (Lipinski definition) is 2. The minimum atomic E-state index is -0.391. The van der Waals surface area contributed by atoms with Crippen molar-refractivity contribution in [3.8, 4) is 11.3 Å². The fourth-order valence-electron chi connectivity index (χ4n) is 1.57. The van der Waals surface area contributed by atoms with Crippen LogP contribution in [0, 0.1) is 24.3 Å². The van der Waals surface area contributed by atoms with Gasteiger partial charge in [0.15, 0.2) is 0 Å². The van der Waals surface area contributed by atoms with Gasteiger partial charge < -0.3 is 0 Å². The van der Waals surface area contributed by atoms with Crippen molar-refractivity contribution < 1.29 is 4.39 Å². The van der Waals surface area contributed by atoms with Crippen LogP contribution in [-0.2, 0) is 0 Å². The van der Waals surface area contributed by atoms with Crippen molar-refractivity contribution in [2.45, 2.75) is 13.8 Å². The molecule has 2 rings (SSSR count). The van der Waals surface area contributed by atoms with Gasteiger partial charge in [-0.3, -0.25) is 5.10 Å². The second-order valence-corrected chi connectivity index (χ2v) is 4.62. The first-order valence-corrected chi connectivity index (χ1v) is 5.80. The van der Waals surface area contributed by atoms with Crippen molar-refractivity contribution in [1.82, 2.24) is 10.2 Å². The van der Waals surface area contributed by atoms with Gasteiger partial charge in [0.25, 0.3) is 0 Å². The Bertz CT molecular complexity index is 637. The van der Waals surface area contributed by atoms with Gasteiger partial charge in [-0.2, -0.15) is 5.10 Å². The van der Waals surface area contributed by atoms with E-state index in [1.54, 1.807) is 12.1 Å². The van der Waals surface area contributed by atoms with Crippen LogP contribution in [0.2, 0.25) is 5.02 Å². The summed E-state index contributed by atoms with van der Waals surface area (Å²) in [5.74, 6) is -0.391. The van der Waals surface area contributed by atoms with E-state index in [0.717, 1.165) is 11.1 Å². The second-order valence-electron chi connectivity index (χ2n) is 3.78. The van der Waals surface area contributed by atoms with Gasteiger partial charge in [-0.15, -0.1) is 0 Å². The molecule has 17 heavy (non-hydrogen) atoms. The Morgan fingerprint density at radius 1 is 1.29 bits per heavy atom. The minimum absolute atomic E-state index is 0.365. The molecule has 0 bridgehead atoms. The van der Waals surface area contributed by atoms with E-state index in [2.05, 4.69) is 10.2 Å². The fourth-order valence-corrected chi connectivity index (χ4v) is 1.92. The maximum Gasteiger partial charge on any atom is 0.134 e. The molecule has 0 fully saturated rings. The molecule has 0 saturated carbocycles. The molecule has 2 aromatic rings. The van der Waals surface area contributed by atoms with Crippen LogP contribution in [0.4, 0.5) is 4.39 Å². The zero-order chi connectivity index (χ0) is 12.6. The first kappa shape index (κ1) is 12.2. The van der Waals surface area contributed by atoms with Gasteiger partial charge in [-0.25, -0.2) is 4.39 Å². The number of aromatic amines is 1. The van der Waals surface area contributed by atoms with Gasteiger partial charge in [0, 0.05) is 10.6 Å². The Hall–Kier alpha value is -1.26. The van der Waals surface area contributed by atoms with Crippen molar-refractivity contribution in [1.29, 1.82) is 0 Å². The van der Waals surface area contributed by atoms with Crippen LogP contribution in [0.15, 0.2) is 18.2 Å². The zero-order valence-electron chi connectivity index (χ0n) is 9.34. The molecule has 1 N–H and O–H groups in total. The topological polar surface area (TPSA) is 28.7 Å². The molecule has 1 heterocycles. The Kier molecular flexibility index (Phi) is 3.26. The van der Waals surface area contributed by atoms with Gasteiger partial charge in [-0.05, 0) is 43.2 Å². The van der Waals surface area contributed by atoms with Crippen LogP contribution in [0.25, 0.3) is 11.3 Å². The zero-order valence-corrected chi connectivity index (χ0v) is 10.9. The van der Waals surface area contributed by atoms with Crippen LogP contribution in [0.3, 0.4) is 0 Å². The van der Waals surface area contributed by atoms with Crippen LogP contribution in [0.1, 0.15) is 11.1 Å². The molecule has 0 atom stereocenters. The third-order valence-electron chi connectivity index (χ3n) is 2.71. The third-order valence-corrected chi connectivity index (χ3v) is 3.35. The molecular formula is C12H10ClFN2S. The molecule has 0 spiro atoms. The Labute approximate surface area is 108 Å². The monoisotopic (exact) mass is 268 g/mol. The van der Waals surface area contributed by atoms with Crippen molar-refractivity contribution in [2.75, 3.05) is 0 Å². The lowest BCUT2D eigenvalue weighted by Crippen LogP contribution is -1.98. The van der Waals surface area contributed by atoms with E-state index >= 15 is 0 Å². The standard InChI is InChI=1S/C12H10ClFN2S/c1-6-7(2)12(17)16-15-11(6)9-4-3-8(13)5-10(9)14/h3-5H,1-2H3,(H,16,17). The van der Waals surface area contributed by atoms with Crippen LogP contribution >= 0.6 is 23.8 Å². The highest BCUT2D eigenvalue weighted by atomic mass is 35.5. The molecule has 0 unspecified atom stereocenters. The van der Waals surface area contributed by atoms with Gasteiger partial charge in [0.2, 0.25) is 0 Å². The molecule has 0 saturated heterocycles. The number of rotatable bonds is 1. The van der Waals surface area contributed by atoms with Crippen molar-refractivity contribution in [3.05, 3.63) is 44.8 Å². The predicted molar refractivity (Wildman–Crippen MR) is 69.3 cm³/mol.